The molecule has 0 amide bonds. The van der Waals surface area contributed by atoms with E-state index in [1.807, 2.05) is 30.3 Å². The Morgan fingerprint density at radius 3 is 2.54 bits per heavy atom. The molecule has 0 unspecified atom stereocenters. The first-order valence-electron chi connectivity index (χ1n) is 7.78. The molecular weight excluding hydrogens is 326 g/mol. The summed E-state index contributed by atoms with van der Waals surface area (Å²) in [6.45, 7) is 2.99. The summed E-state index contributed by atoms with van der Waals surface area (Å²) in [5, 5.41) is 3.21. The van der Waals surface area contributed by atoms with Gasteiger partial charge in [0.2, 0.25) is 0 Å². The lowest BCUT2D eigenvalue weighted by Gasteiger charge is -2.30. The van der Waals surface area contributed by atoms with Crippen LogP contribution in [0.2, 0.25) is 0 Å². The zero-order chi connectivity index (χ0) is 16.6. The minimum Gasteiger partial charge on any atom is -0.378 e. The highest BCUT2D eigenvalue weighted by Gasteiger charge is 2.29. The van der Waals surface area contributed by atoms with E-state index in [1.165, 1.54) is 0 Å². The number of fused-ring (bicyclic) bond motifs is 1. The van der Waals surface area contributed by atoms with E-state index in [-0.39, 0.29) is 4.90 Å². The van der Waals surface area contributed by atoms with Gasteiger partial charge in [-0.2, -0.15) is 8.42 Å². The third-order valence-corrected chi connectivity index (χ3v) is 5.48. The molecule has 0 aromatic heterocycles. The van der Waals surface area contributed by atoms with Gasteiger partial charge < -0.3 is 15.0 Å². The Morgan fingerprint density at radius 2 is 1.71 bits per heavy atom. The van der Waals surface area contributed by atoms with Crippen molar-refractivity contribution in [1.82, 2.24) is 0 Å². The van der Waals surface area contributed by atoms with Crippen molar-refractivity contribution in [3.8, 4) is 0 Å². The highest BCUT2D eigenvalue weighted by Crippen LogP contribution is 2.30. The van der Waals surface area contributed by atoms with Crippen molar-refractivity contribution in [3.63, 3.8) is 0 Å². The van der Waals surface area contributed by atoms with Crippen LogP contribution in [0.25, 0.3) is 0 Å². The van der Waals surface area contributed by atoms with Crippen molar-refractivity contribution < 1.29 is 13.2 Å². The van der Waals surface area contributed by atoms with Gasteiger partial charge in [0.15, 0.2) is 5.84 Å². The van der Waals surface area contributed by atoms with Crippen molar-refractivity contribution in [1.29, 1.82) is 0 Å². The lowest BCUT2D eigenvalue weighted by Crippen LogP contribution is -2.36. The molecule has 1 saturated heterocycles. The average Bonchev–Trinajstić information content (AvgIpc) is 2.87. The van der Waals surface area contributed by atoms with E-state index in [2.05, 4.69) is 14.6 Å². The van der Waals surface area contributed by atoms with Crippen molar-refractivity contribution in [2.75, 3.05) is 36.5 Å². The summed E-state index contributed by atoms with van der Waals surface area (Å²) in [5.74, 6) is 0.367. The number of morpholine rings is 1. The molecule has 0 aliphatic carbocycles. The van der Waals surface area contributed by atoms with Crippen LogP contribution in [0.1, 0.15) is 5.56 Å². The van der Waals surface area contributed by atoms with Gasteiger partial charge in [-0.15, -0.1) is 4.40 Å². The van der Waals surface area contributed by atoms with Gasteiger partial charge in [0.05, 0.1) is 24.6 Å². The monoisotopic (exact) mass is 343 g/mol. The van der Waals surface area contributed by atoms with Crippen molar-refractivity contribution in [2.45, 2.75) is 4.90 Å². The molecule has 7 heteroatoms. The molecule has 2 heterocycles. The normalized spacial score (nSPS) is 18.8. The summed E-state index contributed by atoms with van der Waals surface area (Å²) in [6, 6.07) is 14.7. The molecule has 24 heavy (non-hydrogen) atoms. The van der Waals surface area contributed by atoms with Crippen LogP contribution in [0.4, 0.5) is 11.4 Å². The summed E-state index contributed by atoms with van der Waals surface area (Å²) < 4.78 is 33.7. The standard InChI is InChI=1S/C17H17N3O3S/c21-24(22)16-8-4-1-5-13(16)17(19-24)18-14-6-2-3-7-15(14)20-9-11-23-12-10-20/h1-8H,9-12H2,(H,18,19). The molecule has 0 saturated carbocycles. The fraction of sp³-hybridized carbons (Fsp3) is 0.235. The molecular formula is C17H17N3O3S. The van der Waals surface area contributed by atoms with Crippen LogP contribution in [-0.4, -0.2) is 40.6 Å². The van der Waals surface area contributed by atoms with E-state index in [1.54, 1.807) is 18.2 Å². The minimum atomic E-state index is -3.62. The molecule has 0 radical (unpaired) electrons. The topological polar surface area (TPSA) is 71.0 Å². The smallest absolute Gasteiger partial charge is 0.285 e. The predicted octanol–water partition coefficient (Wildman–Crippen LogP) is 2.08. The third kappa shape index (κ3) is 2.65. The molecule has 2 aromatic carbocycles. The third-order valence-electron chi connectivity index (χ3n) is 4.14. The van der Waals surface area contributed by atoms with Crippen molar-refractivity contribution in [2.24, 2.45) is 4.40 Å². The maximum atomic E-state index is 12.2. The molecule has 0 bridgehead atoms. The quantitative estimate of drug-likeness (QED) is 0.904. The van der Waals surface area contributed by atoms with Gasteiger partial charge in [-0.05, 0) is 24.3 Å². The van der Waals surface area contributed by atoms with Crippen LogP contribution in [0.5, 0.6) is 0 Å². The Balaban J connectivity index is 1.70. The number of ether oxygens (including phenoxy) is 1. The van der Waals surface area contributed by atoms with Crippen LogP contribution in [0.3, 0.4) is 0 Å². The van der Waals surface area contributed by atoms with Gasteiger partial charge in [-0.25, -0.2) is 0 Å². The zero-order valence-electron chi connectivity index (χ0n) is 13.0. The number of amidine groups is 1. The van der Waals surface area contributed by atoms with Crippen molar-refractivity contribution >= 4 is 27.2 Å². The first kappa shape index (κ1) is 15.2. The number of nitrogens with zero attached hydrogens (tertiary/aromatic N) is 2. The number of sulfonamides is 1. The van der Waals surface area contributed by atoms with E-state index in [0.29, 0.717) is 24.6 Å². The first-order chi connectivity index (χ1) is 11.6. The van der Waals surface area contributed by atoms with Crippen LogP contribution >= 0.6 is 0 Å². The van der Waals surface area contributed by atoms with E-state index >= 15 is 0 Å². The van der Waals surface area contributed by atoms with E-state index < -0.39 is 10.0 Å². The fourth-order valence-electron chi connectivity index (χ4n) is 2.98. The summed E-state index contributed by atoms with van der Waals surface area (Å²) in [4.78, 5) is 2.47. The highest BCUT2D eigenvalue weighted by atomic mass is 32.2. The van der Waals surface area contributed by atoms with Crippen LogP contribution in [-0.2, 0) is 14.8 Å². The molecule has 124 valence electrons. The second-order valence-corrected chi connectivity index (χ2v) is 7.23. The molecule has 0 spiro atoms. The number of anilines is 2. The Hall–Kier alpha value is -2.38. The van der Waals surface area contributed by atoms with Crippen LogP contribution < -0.4 is 10.2 Å². The summed E-state index contributed by atoms with van der Waals surface area (Å²) in [7, 11) is -3.62. The lowest BCUT2D eigenvalue weighted by atomic mass is 10.2. The van der Waals surface area contributed by atoms with Crippen molar-refractivity contribution in [3.05, 3.63) is 54.1 Å². The maximum absolute atomic E-state index is 12.2. The SMILES string of the molecule is O=S1(=O)N=C(Nc2ccccc2N2CCOCC2)c2ccccc21. The number of rotatable bonds is 2. The fourth-order valence-corrected chi connectivity index (χ4v) is 4.16. The van der Waals surface area contributed by atoms with Gasteiger partial charge >= 0.3 is 0 Å². The summed E-state index contributed by atoms with van der Waals surface area (Å²) in [5.41, 5.74) is 2.46. The van der Waals surface area contributed by atoms with Crippen LogP contribution in [0, 0.1) is 0 Å². The second-order valence-electron chi connectivity index (χ2n) is 5.65. The average molecular weight is 343 g/mol. The Kier molecular flexibility index (Phi) is 3.74. The number of hydrogen-bond acceptors (Lipinski definition) is 5. The predicted molar refractivity (Wildman–Crippen MR) is 93.3 cm³/mol. The number of nitrogens with one attached hydrogen (secondary N) is 1. The number of benzene rings is 2. The molecule has 4 rings (SSSR count). The van der Waals surface area contributed by atoms with Gasteiger partial charge in [0, 0.05) is 18.7 Å². The molecule has 1 N–H and O–H groups in total. The molecule has 2 aliphatic rings. The van der Waals surface area contributed by atoms with Gasteiger partial charge in [-0.3, -0.25) is 0 Å². The molecule has 2 aliphatic heterocycles. The first-order valence-corrected chi connectivity index (χ1v) is 9.22. The number of hydrogen-bond donors (Lipinski definition) is 1. The highest BCUT2D eigenvalue weighted by molar-refractivity contribution is 7.90. The van der Waals surface area contributed by atoms with E-state index in [0.717, 1.165) is 24.5 Å². The second kappa shape index (κ2) is 5.92. The van der Waals surface area contributed by atoms with Crippen LogP contribution in [0.15, 0.2) is 57.8 Å². The minimum absolute atomic E-state index is 0.247. The largest absolute Gasteiger partial charge is 0.378 e. The molecule has 0 atom stereocenters. The van der Waals surface area contributed by atoms with E-state index in [9.17, 15) is 8.42 Å². The maximum Gasteiger partial charge on any atom is 0.285 e. The summed E-state index contributed by atoms with van der Waals surface area (Å²) >= 11 is 0. The Morgan fingerprint density at radius 1 is 1.00 bits per heavy atom. The molecule has 2 aromatic rings. The summed E-state index contributed by atoms with van der Waals surface area (Å²) in [6.07, 6.45) is 0. The molecule has 6 nitrogen and oxygen atoms in total. The van der Waals surface area contributed by atoms with E-state index in [4.69, 9.17) is 4.74 Å². The zero-order valence-corrected chi connectivity index (χ0v) is 13.8. The van der Waals surface area contributed by atoms with Gasteiger partial charge in [-0.1, -0.05) is 24.3 Å². The Labute approximate surface area is 140 Å². The number of para-hydroxylation sites is 2. The lowest BCUT2D eigenvalue weighted by molar-refractivity contribution is 0.123. The Bertz CT molecular complexity index is 903. The molecule has 1 fully saturated rings. The van der Waals surface area contributed by atoms with Gasteiger partial charge in [0.25, 0.3) is 10.0 Å². The van der Waals surface area contributed by atoms with Gasteiger partial charge in [0.1, 0.15) is 4.90 Å².